The third-order valence-corrected chi connectivity index (χ3v) is 6.45. The molecule has 5 rings (SSSR count). The van der Waals surface area contributed by atoms with Crippen molar-refractivity contribution in [2.75, 3.05) is 10.6 Å². The topological polar surface area (TPSA) is 66.9 Å². The van der Waals surface area contributed by atoms with Gasteiger partial charge in [0.1, 0.15) is 0 Å². The summed E-state index contributed by atoms with van der Waals surface area (Å²) < 4.78 is 0. The Morgan fingerprint density at radius 3 is 2.00 bits per heavy atom. The zero-order valence-corrected chi connectivity index (χ0v) is 19.8. The average Bonchev–Trinajstić information content (AvgIpc) is 3.38. The van der Waals surface area contributed by atoms with Gasteiger partial charge in [-0.05, 0) is 47.5 Å². The lowest BCUT2D eigenvalue weighted by Gasteiger charge is -2.18. The van der Waals surface area contributed by atoms with Crippen LogP contribution in [0.25, 0.3) is 11.3 Å². The number of hydrogen-bond acceptors (Lipinski definition) is 5. The molecule has 0 aliphatic carbocycles. The van der Waals surface area contributed by atoms with Crippen molar-refractivity contribution in [1.29, 1.82) is 0 Å². The number of rotatable bonds is 8. The van der Waals surface area contributed by atoms with Gasteiger partial charge in [0.25, 0.3) is 0 Å². The number of aromatic nitrogens is 2. The van der Waals surface area contributed by atoms with E-state index in [2.05, 4.69) is 44.9 Å². The zero-order valence-electron chi connectivity index (χ0n) is 19.0. The normalized spacial score (nSPS) is 10.8. The minimum Gasteiger partial charge on any atom is -0.332 e. The van der Waals surface area contributed by atoms with Crippen LogP contribution in [0.5, 0.6) is 0 Å². The van der Waals surface area contributed by atoms with Gasteiger partial charge in [-0.15, -0.1) is 11.3 Å². The molecule has 0 unspecified atom stereocenters. The van der Waals surface area contributed by atoms with E-state index in [1.54, 1.807) is 23.7 Å². The molecule has 2 aromatic heterocycles. The summed E-state index contributed by atoms with van der Waals surface area (Å²) in [5.74, 6) is -0.0248. The lowest BCUT2D eigenvalue weighted by molar-refractivity contribution is -0.116. The summed E-state index contributed by atoms with van der Waals surface area (Å²) >= 11 is 1.54. The Bertz CT molecular complexity index is 1330. The molecule has 0 saturated carbocycles. The molecule has 35 heavy (non-hydrogen) atoms. The second-order valence-corrected chi connectivity index (χ2v) is 8.96. The Hall–Kier alpha value is -4.29. The predicted molar refractivity (Wildman–Crippen MR) is 143 cm³/mol. The largest absolute Gasteiger partial charge is 0.332 e. The molecule has 1 amide bonds. The van der Waals surface area contributed by atoms with Crippen molar-refractivity contribution in [3.8, 4) is 11.3 Å². The SMILES string of the molecule is O=C(CC(c1ccccc1)c1ccccc1)Nc1ccc(Nc2nc(-c3ccncc3)cs2)cc1. The van der Waals surface area contributed by atoms with Gasteiger partial charge in [0.05, 0.1) is 5.69 Å². The van der Waals surface area contributed by atoms with E-state index in [1.807, 2.05) is 78.2 Å². The van der Waals surface area contributed by atoms with E-state index in [4.69, 9.17) is 0 Å². The molecule has 0 saturated heterocycles. The monoisotopic (exact) mass is 476 g/mol. The number of amides is 1. The highest BCUT2D eigenvalue weighted by atomic mass is 32.1. The molecule has 0 fully saturated rings. The van der Waals surface area contributed by atoms with Crippen molar-refractivity contribution in [3.05, 3.63) is 126 Å². The molecule has 0 bridgehead atoms. The van der Waals surface area contributed by atoms with Gasteiger partial charge in [0, 0.05) is 47.1 Å². The zero-order chi connectivity index (χ0) is 23.9. The van der Waals surface area contributed by atoms with Gasteiger partial charge in [-0.2, -0.15) is 0 Å². The van der Waals surface area contributed by atoms with Crippen LogP contribution in [0, 0.1) is 0 Å². The number of hydrogen-bond donors (Lipinski definition) is 2. The van der Waals surface area contributed by atoms with Crippen LogP contribution in [-0.4, -0.2) is 15.9 Å². The molecule has 172 valence electrons. The van der Waals surface area contributed by atoms with Crippen LogP contribution in [0.15, 0.2) is 115 Å². The van der Waals surface area contributed by atoms with Crippen LogP contribution in [0.2, 0.25) is 0 Å². The molecule has 0 radical (unpaired) electrons. The molecule has 0 aliphatic rings. The smallest absolute Gasteiger partial charge is 0.225 e. The van der Waals surface area contributed by atoms with Gasteiger partial charge in [0.2, 0.25) is 5.91 Å². The summed E-state index contributed by atoms with van der Waals surface area (Å²) in [6.07, 6.45) is 3.89. The van der Waals surface area contributed by atoms with E-state index in [1.165, 1.54) is 0 Å². The minimum atomic E-state index is -0.0228. The highest BCUT2D eigenvalue weighted by molar-refractivity contribution is 7.14. The quantitative estimate of drug-likeness (QED) is 0.250. The maximum Gasteiger partial charge on any atom is 0.225 e. The van der Waals surface area contributed by atoms with Crippen LogP contribution in [0.1, 0.15) is 23.5 Å². The molecule has 3 aromatic carbocycles. The Balaban J connectivity index is 1.23. The van der Waals surface area contributed by atoms with E-state index >= 15 is 0 Å². The Morgan fingerprint density at radius 2 is 1.37 bits per heavy atom. The number of nitrogens with one attached hydrogen (secondary N) is 2. The van der Waals surface area contributed by atoms with Gasteiger partial charge in [-0.1, -0.05) is 60.7 Å². The minimum absolute atomic E-state index is 0.00201. The molecule has 0 atom stereocenters. The first-order valence-electron chi connectivity index (χ1n) is 11.4. The van der Waals surface area contributed by atoms with Crippen molar-refractivity contribution in [1.82, 2.24) is 9.97 Å². The first-order chi connectivity index (χ1) is 17.2. The Kier molecular flexibility index (Phi) is 6.92. The lowest BCUT2D eigenvalue weighted by Crippen LogP contribution is -2.16. The molecule has 5 nitrogen and oxygen atoms in total. The van der Waals surface area contributed by atoms with Crippen molar-refractivity contribution in [2.45, 2.75) is 12.3 Å². The second kappa shape index (κ2) is 10.8. The summed E-state index contributed by atoms with van der Waals surface area (Å²) in [4.78, 5) is 21.6. The number of carbonyl (C=O) groups is 1. The molecule has 0 aliphatic heterocycles. The molecule has 2 heterocycles. The molecule has 5 aromatic rings. The maximum atomic E-state index is 12.9. The first-order valence-corrected chi connectivity index (χ1v) is 12.3. The van der Waals surface area contributed by atoms with Crippen LogP contribution in [-0.2, 0) is 4.79 Å². The highest BCUT2D eigenvalue weighted by Gasteiger charge is 2.18. The van der Waals surface area contributed by atoms with Gasteiger partial charge in [-0.3, -0.25) is 9.78 Å². The van der Waals surface area contributed by atoms with Crippen LogP contribution in [0.3, 0.4) is 0 Å². The maximum absolute atomic E-state index is 12.9. The standard InChI is InChI=1S/C29H24N4OS/c34-28(19-26(21-7-3-1-4-8-21)22-9-5-2-6-10-22)31-24-11-13-25(14-12-24)32-29-33-27(20-35-29)23-15-17-30-18-16-23/h1-18,20,26H,19H2,(H,31,34)(H,32,33). The summed E-state index contributed by atoms with van der Waals surface area (Å²) in [6, 6.07) is 31.9. The lowest BCUT2D eigenvalue weighted by atomic mass is 9.88. The molecular formula is C29H24N4OS. The van der Waals surface area contributed by atoms with Gasteiger partial charge >= 0.3 is 0 Å². The molecule has 0 spiro atoms. The predicted octanol–water partition coefficient (Wildman–Crippen LogP) is 7.11. The molecule has 2 N–H and O–H groups in total. The summed E-state index contributed by atoms with van der Waals surface area (Å²) in [7, 11) is 0. The Labute approximate surface area is 208 Å². The van der Waals surface area contributed by atoms with Gasteiger partial charge < -0.3 is 10.6 Å². The Morgan fingerprint density at radius 1 is 0.771 bits per heavy atom. The van der Waals surface area contributed by atoms with Gasteiger partial charge in [0.15, 0.2) is 5.13 Å². The number of nitrogens with zero attached hydrogens (tertiary/aromatic N) is 2. The fraction of sp³-hybridized carbons (Fsp3) is 0.0690. The third-order valence-electron chi connectivity index (χ3n) is 5.69. The van der Waals surface area contributed by atoms with Crippen LogP contribution < -0.4 is 10.6 Å². The highest BCUT2D eigenvalue weighted by Crippen LogP contribution is 2.29. The molecule has 6 heteroatoms. The average molecular weight is 477 g/mol. The number of pyridine rings is 1. The first kappa shape index (κ1) is 22.5. The van der Waals surface area contributed by atoms with Crippen LogP contribution >= 0.6 is 11.3 Å². The number of carbonyl (C=O) groups excluding carboxylic acids is 1. The van der Waals surface area contributed by atoms with E-state index in [9.17, 15) is 4.79 Å². The summed E-state index contributed by atoms with van der Waals surface area (Å²) in [5, 5.41) is 9.20. The summed E-state index contributed by atoms with van der Waals surface area (Å²) in [6.45, 7) is 0. The van der Waals surface area contributed by atoms with Crippen LogP contribution in [0.4, 0.5) is 16.5 Å². The second-order valence-electron chi connectivity index (χ2n) is 8.10. The van der Waals surface area contributed by atoms with E-state index < -0.39 is 0 Å². The van der Waals surface area contributed by atoms with Crippen molar-refractivity contribution in [2.24, 2.45) is 0 Å². The number of thiazole rings is 1. The van der Waals surface area contributed by atoms with Crippen molar-refractivity contribution in [3.63, 3.8) is 0 Å². The van der Waals surface area contributed by atoms with E-state index in [-0.39, 0.29) is 11.8 Å². The van der Waals surface area contributed by atoms with Crippen molar-refractivity contribution >= 4 is 33.8 Å². The van der Waals surface area contributed by atoms with E-state index in [0.29, 0.717) is 6.42 Å². The molecular weight excluding hydrogens is 452 g/mol. The number of benzene rings is 3. The number of anilines is 3. The fourth-order valence-corrected chi connectivity index (χ4v) is 4.68. The van der Waals surface area contributed by atoms with Gasteiger partial charge in [-0.25, -0.2) is 4.98 Å². The summed E-state index contributed by atoms with van der Waals surface area (Å²) in [5.41, 5.74) is 5.87. The third kappa shape index (κ3) is 5.80. The van der Waals surface area contributed by atoms with Crippen molar-refractivity contribution < 1.29 is 4.79 Å². The van der Waals surface area contributed by atoms with E-state index in [0.717, 1.165) is 38.9 Å². The fourth-order valence-electron chi connectivity index (χ4n) is 3.94.